The lowest BCUT2D eigenvalue weighted by Gasteiger charge is -2.37. The highest BCUT2D eigenvalue weighted by Crippen LogP contribution is 2.32. The van der Waals surface area contributed by atoms with Crippen molar-refractivity contribution in [3.05, 3.63) is 47.3 Å². The van der Waals surface area contributed by atoms with Crippen molar-refractivity contribution in [1.82, 2.24) is 9.62 Å². The maximum absolute atomic E-state index is 13.0. The van der Waals surface area contributed by atoms with Gasteiger partial charge in [-0.15, -0.1) is 11.3 Å². The quantitative estimate of drug-likeness (QED) is 0.644. The van der Waals surface area contributed by atoms with E-state index in [1.807, 2.05) is 4.90 Å². The Morgan fingerprint density at radius 1 is 1.16 bits per heavy atom. The predicted octanol–water partition coefficient (Wildman–Crippen LogP) is 2.00. The molecule has 4 rings (SSSR count). The van der Waals surface area contributed by atoms with Gasteiger partial charge in [-0.2, -0.15) is 13.2 Å². The van der Waals surface area contributed by atoms with Crippen LogP contribution in [0.3, 0.4) is 0 Å². The number of piperazine rings is 1. The van der Waals surface area contributed by atoms with Crippen LogP contribution in [0.5, 0.6) is 0 Å². The summed E-state index contributed by atoms with van der Waals surface area (Å²) in [6.45, 7) is 2.75. The fraction of sp³-hybridized carbons (Fsp3) is 0.500. The second-order valence-electron chi connectivity index (χ2n) is 7.86. The Bertz CT molecular complexity index is 1010. The Labute approximate surface area is 188 Å². The third kappa shape index (κ3) is 5.26. The van der Waals surface area contributed by atoms with Gasteiger partial charge < -0.3 is 14.7 Å². The van der Waals surface area contributed by atoms with Gasteiger partial charge in [0.25, 0.3) is 0 Å². The highest BCUT2D eigenvalue weighted by Gasteiger charge is 2.39. The van der Waals surface area contributed by atoms with Crippen LogP contribution in [-0.4, -0.2) is 76.0 Å². The molecule has 0 amide bonds. The van der Waals surface area contributed by atoms with E-state index in [0.29, 0.717) is 38.4 Å². The molecule has 176 valence electrons. The molecule has 2 N–H and O–H groups in total. The van der Waals surface area contributed by atoms with Crippen LogP contribution in [0.25, 0.3) is 0 Å². The van der Waals surface area contributed by atoms with Crippen LogP contribution in [0.4, 0.5) is 18.9 Å². The average molecular weight is 492 g/mol. The average Bonchev–Trinajstić information content (AvgIpc) is 3.41. The van der Waals surface area contributed by atoms with Crippen molar-refractivity contribution in [2.75, 3.05) is 44.2 Å². The first-order valence-corrected chi connectivity index (χ1v) is 12.5. The summed E-state index contributed by atoms with van der Waals surface area (Å²) in [6, 6.07) is 7.69. The number of sulfonamides is 1. The molecule has 3 unspecified atom stereocenters. The molecule has 0 radical (unpaired) electrons. The molecule has 2 aliphatic rings. The normalized spacial score (nSPS) is 25.4. The maximum Gasteiger partial charge on any atom is 0.416 e. The number of rotatable bonds is 6. The monoisotopic (exact) mass is 491 g/mol. The molecule has 3 heterocycles. The van der Waals surface area contributed by atoms with Crippen molar-refractivity contribution < 1.29 is 31.4 Å². The van der Waals surface area contributed by atoms with E-state index in [1.54, 1.807) is 17.5 Å². The first-order valence-electron chi connectivity index (χ1n) is 10.1. The van der Waals surface area contributed by atoms with E-state index < -0.39 is 40.0 Å². The Kier molecular flexibility index (Phi) is 6.80. The van der Waals surface area contributed by atoms with Gasteiger partial charge in [0.1, 0.15) is 4.21 Å². The molecule has 0 aliphatic carbocycles. The van der Waals surface area contributed by atoms with E-state index in [0.717, 1.165) is 23.5 Å². The molecule has 0 spiro atoms. The molecule has 7 nitrogen and oxygen atoms in total. The molecule has 2 aromatic rings. The van der Waals surface area contributed by atoms with E-state index in [9.17, 15) is 26.7 Å². The fourth-order valence-corrected chi connectivity index (χ4v) is 6.19. The lowest BCUT2D eigenvalue weighted by atomic mass is 10.1. The first kappa shape index (κ1) is 23.5. The second-order valence-corrected chi connectivity index (χ2v) is 10.7. The number of hydrogen-bond donors (Lipinski definition) is 2. The van der Waals surface area contributed by atoms with Gasteiger partial charge in [-0.05, 0) is 29.6 Å². The van der Waals surface area contributed by atoms with Crippen LogP contribution >= 0.6 is 11.3 Å². The number of alkyl halides is 3. The molecule has 12 heteroatoms. The lowest BCUT2D eigenvalue weighted by molar-refractivity contribution is -0.137. The topological polar surface area (TPSA) is 82.1 Å². The molecule has 0 saturated carbocycles. The number of halogens is 3. The number of thiophene rings is 1. The van der Waals surface area contributed by atoms with Crippen molar-refractivity contribution >= 4 is 27.0 Å². The van der Waals surface area contributed by atoms with Crippen LogP contribution in [0.15, 0.2) is 46.0 Å². The summed E-state index contributed by atoms with van der Waals surface area (Å²) in [6.07, 6.45) is -5.92. The molecule has 1 aromatic carbocycles. The van der Waals surface area contributed by atoms with E-state index in [4.69, 9.17) is 4.74 Å². The number of nitrogens with zero attached hydrogens (tertiary/aromatic N) is 2. The van der Waals surface area contributed by atoms with Gasteiger partial charge in [-0.25, -0.2) is 13.1 Å². The number of nitrogens with one attached hydrogen (secondary N) is 1. The van der Waals surface area contributed by atoms with Gasteiger partial charge in [0.05, 0.1) is 30.4 Å². The summed E-state index contributed by atoms with van der Waals surface area (Å²) in [5, 5.41) is 12.2. The smallest absolute Gasteiger partial charge is 0.389 e. The minimum absolute atomic E-state index is 0.0701. The van der Waals surface area contributed by atoms with Crippen LogP contribution < -0.4 is 9.62 Å². The zero-order valence-corrected chi connectivity index (χ0v) is 18.7. The number of anilines is 1. The van der Waals surface area contributed by atoms with Crippen molar-refractivity contribution in [2.45, 2.75) is 28.6 Å². The summed E-state index contributed by atoms with van der Waals surface area (Å²) in [4.78, 5) is 3.96. The van der Waals surface area contributed by atoms with Gasteiger partial charge in [-0.1, -0.05) is 12.1 Å². The minimum Gasteiger partial charge on any atom is -0.389 e. The van der Waals surface area contributed by atoms with Crippen LogP contribution in [0.2, 0.25) is 0 Å². The summed E-state index contributed by atoms with van der Waals surface area (Å²) < 4.78 is 72.0. The minimum atomic E-state index is -4.38. The Hall–Kier alpha value is -1.70. The van der Waals surface area contributed by atoms with Crippen LogP contribution in [0, 0.1) is 0 Å². The largest absolute Gasteiger partial charge is 0.416 e. The molecule has 2 saturated heterocycles. The lowest BCUT2D eigenvalue weighted by Crippen LogP contribution is -2.51. The standard InChI is InChI=1S/C20H24F3N3O4S2/c21-20(22,23)14-3-1-4-15(11-14)26-8-6-25(7-9-26)12-17-19(27)16(13-30-17)24-32(28,29)18-5-2-10-31-18/h1-5,10-11,16-17,19,24,27H,6-9,12-13H2. The van der Waals surface area contributed by atoms with Gasteiger partial charge in [-0.3, -0.25) is 4.90 Å². The number of benzene rings is 1. The first-order chi connectivity index (χ1) is 15.1. The van der Waals surface area contributed by atoms with Crippen molar-refractivity contribution in [3.63, 3.8) is 0 Å². The molecule has 32 heavy (non-hydrogen) atoms. The molecule has 0 bridgehead atoms. The Morgan fingerprint density at radius 2 is 1.91 bits per heavy atom. The van der Waals surface area contributed by atoms with E-state index in [2.05, 4.69) is 9.62 Å². The van der Waals surface area contributed by atoms with Gasteiger partial charge in [0, 0.05) is 38.4 Å². The molecule has 2 fully saturated rings. The third-order valence-electron chi connectivity index (χ3n) is 5.70. The highest BCUT2D eigenvalue weighted by molar-refractivity contribution is 7.91. The molecular weight excluding hydrogens is 467 g/mol. The number of hydrogen-bond acceptors (Lipinski definition) is 7. The summed E-state index contributed by atoms with van der Waals surface area (Å²) in [5.41, 5.74) is -0.143. The van der Waals surface area contributed by atoms with Gasteiger partial charge in [0.2, 0.25) is 10.0 Å². The molecule has 3 atom stereocenters. The number of aliphatic hydroxyl groups is 1. The van der Waals surface area contributed by atoms with Crippen molar-refractivity contribution in [3.8, 4) is 0 Å². The van der Waals surface area contributed by atoms with E-state index in [-0.39, 0.29) is 10.8 Å². The molecular formula is C20H24F3N3O4S2. The summed E-state index contributed by atoms with van der Waals surface area (Å²) in [7, 11) is -3.71. The third-order valence-corrected chi connectivity index (χ3v) is 8.59. The Morgan fingerprint density at radius 3 is 2.56 bits per heavy atom. The second kappa shape index (κ2) is 9.27. The maximum atomic E-state index is 13.0. The fourth-order valence-electron chi connectivity index (χ4n) is 3.94. The van der Waals surface area contributed by atoms with Crippen molar-refractivity contribution in [2.24, 2.45) is 0 Å². The number of aliphatic hydroxyl groups excluding tert-OH is 1. The molecule has 1 aromatic heterocycles. The summed E-state index contributed by atoms with van der Waals surface area (Å²) in [5.74, 6) is 0. The summed E-state index contributed by atoms with van der Waals surface area (Å²) >= 11 is 1.10. The van der Waals surface area contributed by atoms with Crippen LogP contribution in [-0.2, 0) is 20.9 Å². The van der Waals surface area contributed by atoms with Crippen molar-refractivity contribution in [1.29, 1.82) is 0 Å². The SMILES string of the molecule is O=S(=O)(NC1COC(CN2CCN(c3cccc(C(F)(F)F)c3)CC2)C1O)c1cccs1. The number of ether oxygens (including phenoxy) is 1. The van der Waals surface area contributed by atoms with Gasteiger partial charge in [0.15, 0.2) is 0 Å². The molecule has 2 aliphatic heterocycles. The zero-order chi connectivity index (χ0) is 22.9. The Balaban J connectivity index is 1.29. The van der Waals surface area contributed by atoms with Gasteiger partial charge >= 0.3 is 6.18 Å². The zero-order valence-electron chi connectivity index (χ0n) is 17.0. The van der Waals surface area contributed by atoms with E-state index >= 15 is 0 Å². The highest BCUT2D eigenvalue weighted by atomic mass is 32.2. The predicted molar refractivity (Wildman–Crippen MR) is 114 cm³/mol. The van der Waals surface area contributed by atoms with Crippen LogP contribution in [0.1, 0.15) is 5.56 Å². The van der Waals surface area contributed by atoms with E-state index in [1.165, 1.54) is 12.1 Å².